The molecule has 0 saturated carbocycles. The first-order valence-corrected chi connectivity index (χ1v) is 7.14. The normalized spacial score (nSPS) is 15.6. The molecular formula is C13H16N4OS. The Hall–Kier alpha value is -1.66. The highest BCUT2D eigenvalue weighted by molar-refractivity contribution is 7.21. The second-order valence-corrected chi connectivity index (χ2v) is 5.77. The first kappa shape index (κ1) is 12.4. The number of amides is 1. The van der Waals surface area contributed by atoms with E-state index in [1.807, 2.05) is 0 Å². The summed E-state index contributed by atoms with van der Waals surface area (Å²) in [5, 5.41) is 0.857. The third kappa shape index (κ3) is 1.97. The molecule has 4 N–H and O–H groups in total. The molecule has 100 valence electrons. The zero-order chi connectivity index (χ0) is 13.6. The van der Waals surface area contributed by atoms with Crippen molar-refractivity contribution in [1.29, 1.82) is 0 Å². The molecule has 1 aliphatic rings. The smallest absolute Gasteiger partial charge is 0.260 e. The van der Waals surface area contributed by atoms with Gasteiger partial charge in [0.1, 0.15) is 9.71 Å². The molecule has 3 rings (SSSR count). The van der Waals surface area contributed by atoms with Gasteiger partial charge in [0.15, 0.2) is 0 Å². The fraction of sp³-hybridized carbons (Fsp3) is 0.385. The van der Waals surface area contributed by atoms with Crippen LogP contribution in [0.1, 0.15) is 27.9 Å². The van der Waals surface area contributed by atoms with Crippen LogP contribution in [0.3, 0.4) is 0 Å². The maximum Gasteiger partial charge on any atom is 0.260 e. The number of fused-ring (bicyclic) bond motifs is 2. The van der Waals surface area contributed by atoms with Gasteiger partial charge in [0, 0.05) is 30.6 Å². The van der Waals surface area contributed by atoms with Crippen molar-refractivity contribution >= 4 is 33.1 Å². The van der Waals surface area contributed by atoms with Crippen LogP contribution in [0.2, 0.25) is 0 Å². The fourth-order valence-electron chi connectivity index (χ4n) is 2.51. The molecule has 3 heterocycles. The lowest BCUT2D eigenvalue weighted by Gasteiger charge is -2.26. The average Bonchev–Trinajstić information content (AvgIpc) is 2.73. The van der Waals surface area contributed by atoms with E-state index in [0.29, 0.717) is 10.6 Å². The van der Waals surface area contributed by atoms with Crippen LogP contribution < -0.4 is 11.5 Å². The van der Waals surface area contributed by atoms with Gasteiger partial charge in [-0.3, -0.25) is 9.69 Å². The zero-order valence-corrected chi connectivity index (χ0v) is 11.6. The number of nitrogen functional groups attached to an aromatic ring is 1. The summed E-state index contributed by atoms with van der Waals surface area (Å²) >= 11 is 1.29. The van der Waals surface area contributed by atoms with Crippen LogP contribution >= 0.6 is 11.3 Å². The van der Waals surface area contributed by atoms with Gasteiger partial charge in [-0.2, -0.15) is 0 Å². The molecule has 2 aromatic heterocycles. The molecule has 0 fully saturated rings. The fourth-order valence-corrected chi connectivity index (χ4v) is 3.46. The monoisotopic (exact) mass is 276 g/mol. The highest BCUT2D eigenvalue weighted by atomic mass is 32.1. The lowest BCUT2D eigenvalue weighted by Crippen LogP contribution is -2.30. The van der Waals surface area contributed by atoms with E-state index in [2.05, 4.69) is 22.9 Å². The Bertz CT molecular complexity index is 664. The van der Waals surface area contributed by atoms with E-state index in [1.54, 1.807) is 0 Å². The molecule has 6 heteroatoms. The molecule has 0 atom stereocenters. The number of carbonyl (C=O) groups is 1. The van der Waals surface area contributed by atoms with Gasteiger partial charge in [0.2, 0.25) is 0 Å². The summed E-state index contributed by atoms with van der Waals surface area (Å²) in [6, 6.07) is 2.07. The second kappa shape index (κ2) is 4.47. The van der Waals surface area contributed by atoms with Crippen LogP contribution in [0.4, 0.5) is 5.69 Å². The molecular weight excluding hydrogens is 260 g/mol. The van der Waals surface area contributed by atoms with Crippen LogP contribution in [0.25, 0.3) is 10.2 Å². The molecule has 1 aliphatic heterocycles. The summed E-state index contributed by atoms with van der Waals surface area (Å²) in [5.41, 5.74) is 14.1. The maximum absolute atomic E-state index is 11.3. The predicted molar refractivity (Wildman–Crippen MR) is 77.2 cm³/mol. The first-order chi connectivity index (χ1) is 9.10. The number of likely N-dealkylation sites (N-methyl/N-ethyl adjacent to an activating group) is 1. The van der Waals surface area contributed by atoms with Crippen LogP contribution in [0, 0.1) is 0 Å². The number of hydrogen-bond acceptors (Lipinski definition) is 5. The molecule has 1 amide bonds. The van der Waals surface area contributed by atoms with E-state index in [-0.39, 0.29) is 0 Å². The lowest BCUT2D eigenvalue weighted by atomic mass is 10.0. The lowest BCUT2D eigenvalue weighted by molar-refractivity contribution is 0.100. The molecule has 0 spiro atoms. The number of nitrogens with zero attached hydrogens (tertiary/aromatic N) is 2. The van der Waals surface area contributed by atoms with E-state index >= 15 is 0 Å². The summed E-state index contributed by atoms with van der Waals surface area (Å²) in [6.07, 6.45) is 0.947. The largest absolute Gasteiger partial charge is 0.397 e. The summed E-state index contributed by atoms with van der Waals surface area (Å²) in [4.78, 5) is 19.6. The van der Waals surface area contributed by atoms with Crippen LogP contribution in [-0.2, 0) is 13.0 Å². The third-order valence-electron chi connectivity index (χ3n) is 3.62. The minimum absolute atomic E-state index is 0.414. The highest BCUT2D eigenvalue weighted by Gasteiger charge is 2.21. The molecule has 0 radical (unpaired) electrons. The second-order valence-electron chi connectivity index (χ2n) is 4.77. The molecule has 0 aromatic carbocycles. The quantitative estimate of drug-likeness (QED) is 0.867. The van der Waals surface area contributed by atoms with Crippen molar-refractivity contribution in [1.82, 2.24) is 9.88 Å². The Morgan fingerprint density at radius 1 is 1.58 bits per heavy atom. The van der Waals surface area contributed by atoms with E-state index in [9.17, 15) is 4.79 Å². The van der Waals surface area contributed by atoms with Crippen molar-refractivity contribution < 1.29 is 4.79 Å². The van der Waals surface area contributed by atoms with Crippen molar-refractivity contribution in [2.24, 2.45) is 5.73 Å². The molecule has 2 aromatic rings. The van der Waals surface area contributed by atoms with Gasteiger partial charge in [-0.05, 0) is 18.2 Å². The number of pyridine rings is 1. The molecule has 0 unspecified atom stereocenters. The zero-order valence-electron chi connectivity index (χ0n) is 10.8. The van der Waals surface area contributed by atoms with Gasteiger partial charge in [-0.1, -0.05) is 6.92 Å². The van der Waals surface area contributed by atoms with Crippen molar-refractivity contribution in [3.8, 4) is 0 Å². The first-order valence-electron chi connectivity index (χ1n) is 6.33. The van der Waals surface area contributed by atoms with E-state index < -0.39 is 5.91 Å². The van der Waals surface area contributed by atoms with Gasteiger partial charge >= 0.3 is 0 Å². The van der Waals surface area contributed by atoms with Gasteiger partial charge in [0.25, 0.3) is 5.91 Å². The van der Waals surface area contributed by atoms with E-state index in [1.165, 1.54) is 16.9 Å². The Kier molecular flexibility index (Phi) is 2.91. The topological polar surface area (TPSA) is 85.2 Å². The van der Waals surface area contributed by atoms with E-state index in [4.69, 9.17) is 11.5 Å². The Morgan fingerprint density at radius 2 is 2.37 bits per heavy atom. The van der Waals surface area contributed by atoms with Crippen LogP contribution in [0.15, 0.2) is 6.07 Å². The number of thiophene rings is 1. The number of primary amides is 1. The Balaban J connectivity index is 2.14. The summed E-state index contributed by atoms with van der Waals surface area (Å²) < 4.78 is 0. The van der Waals surface area contributed by atoms with Crippen molar-refractivity contribution in [3.63, 3.8) is 0 Å². The van der Waals surface area contributed by atoms with Crippen molar-refractivity contribution in [3.05, 3.63) is 22.2 Å². The van der Waals surface area contributed by atoms with Gasteiger partial charge in [-0.15, -0.1) is 11.3 Å². The number of nitrogens with two attached hydrogens (primary N) is 2. The molecule has 0 aliphatic carbocycles. The minimum Gasteiger partial charge on any atom is -0.397 e. The predicted octanol–water partition coefficient (Wildman–Crippen LogP) is 1.36. The highest BCUT2D eigenvalue weighted by Crippen LogP contribution is 2.34. The number of rotatable bonds is 2. The Labute approximate surface area is 115 Å². The molecule has 0 bridgehead atoms. The number of anilines is 1. The van der Waals surface area contributed by atoms with Crippen LogP contribution in [-0.4, -0.2) is 28.9 Å². The maximum atomic E-state index is 11.3. The molecule has 5 nitrogen and oxygen atoms in total. The SMILES string of the molecule is CCN1CCc2nc3sc(C(N)=O)c(N)c3cc2C1. The van der Waals surface area contributed by atoms with Gasteiger partial charge in [0.05, 0.1) is 5.69 Å². The van der Waals surface area contributed by atoms with Crippen molar-refractivity contribution in [2.45, 2.75) is 19.9 Å². The number of aromatic nitrogens is 1. The van der Waals surface area contributed by atoms with Crippen molar-refractivity contribution in [2.75, 3.05) is 18.8 Å². The van der Waals surface area contributed by atoms with Crippen LogP contribution in [0.5, 0.6) is 0 Å². The average molecular weight is 276 g/mol. The molecule has 0 saturated heterocycles. The number of carbonyl (C=O) groups excluding carboxylic acids is 1. The molecule has 19 heavy (non-hydrogen) atoms. The van der Waals surface area contributed by atoms with Gasteiger partial charge < -0.3 is 11.5 Å². The minimum atomic E-state index is -0.478. The van der Waals surface area contributed by atoms with Gasteiger partial charge in [-0.25, -0.2) is 4.98 Å². The Morgan fingerprint density at radius 3 is 3.05 bits per heavy atom. The standard InChI is InChI=1S/C13H16N4OS/c1-2-17-4-3-9-7(6-17)5-8-10(14)11(12(15)18)19-13(8)16-9/h5H,2-4,6,14H2,1H3,(H2,15,18). The summed E-state index contributed by atoms with van der Waals surface area (Å²) in [7, 11) is 0. The third-order valence-corrected chi connectivity index (χ3v) is 4.75. The number of hydrogen-bond donors (Lipinski definition) is 2. The summed E-state index contributed by atoms with van der Waals surface area (Å²) in [6.45, 7) is 5.12. The van der Waals surface area contributed by atoms with E-state index in [0.717, 1.165) is 42.0 Å². The summed E-state index contributed by atoms with van der Waals surface area (Å²) in [5.74, 6) is -0.478.